The van der Waals surface area contributed by atoms with Crippen LogP contribution in [0.2, 0.25) is 5.02 Å². The minimum absolute atomic E-state index is 0. The van der Waals surface area contributed by atoms with Crippen LogP contribution in [0.3, 0.4) is 0 Å². The Balaban J connectivity index is 0.00000280. The summed E-state index contributed by atoms with van der Waals surface area (Å²) < 4.78 is 23.3. The predicted octanol–water partition coefficient (Wildman–Crippen LogP) is 2.83. The highest BCUT2D eigenvalue weighted by Gasteiger charge is 2.29. The van der Waals surface area contributed by atoms with Crippen molar-refractivity contribution < 1.29 is 8.42 Å². The van der Waals surface area contributed by atoms with Crippen LogP contribution in [0.1, 0.15) is 25.3 Å². The second kappa shape index (κ2) is 10.3. The highest BCUT2D eigenvalue weighted by Crippen LogP contribution is 2.29. The standard InChI is InChI=1S/C19H29ClN4O2S.HI/c1-3-21-19(23-17-7-9-27(25,26)13-17)22-11-15-6-8-24(12-15)18-10-16(20)5-4-14(18)2;/h4-5,10,15,17H,3,6-9,11-13H2,1-2H3,(H2,21,22,23);1H. The van der Waals surface area contributed by atoms with E-state index >= 15 is 0 Å². The Morgan fingerprint density at radius 3 is 2.82 bits per heavy atom. The number of benzene rings is 1. The van der Waals surface area contributed by atoms with Crippen LogP contribution in [0.5, 0.6) is 0 Å². The molecule has 0 radical (unpaired) electrons. The maximum Gasteiger partial charge on any atom is 0.191 e. The number of hydrogen-bond acceptors (Lipinski definition) is 4. The van der Waals surface area contributed by atoms with Crippen molar-refractivity contribution in [2.45, 2.75) is 32.7 Å². The predicted molar refractivity (Wildman–Crippen MR) is 128 cm³/mol. The summed E-state index contributed by atoms with van der Waals surface area (Å²) in [5.41, 5.74) is 2.44. The molecule has 1 aromatic rings. The summed E-state index contributed by atoms with van der Waals surface area (Å²) in [6.07, 6.45) is 1.74. The monoisotopic (exact) mass is 540 g/mol. The van der Waals surface area contributed by atoms with E-state index in [9.17, 15) is 8.42 Å². The van der Waals surface area contributed by atoms with Gasteiger partial charge in [0.25, 0.3) is 0 Å². The van der Waals surface area contributed by atoms with E-state index in [1.165, 1.54) is 11.3 Å². The van der Waals surface area contributed by atoms with E-state index in [0.717, 1.165) is 43.6 Å². The third-order valence-electron chi connectivity index (χ3n) is 5.22. The Bertz CT molecular complexity index is 803. The van der Waals surface area contributed by atoms with Gasteiger partial charge in [-0.05, 0) is 50.3 Å². The molecule has 2 fully saturated rings. The Morgan fingerprint density at radius 2 is 2.14 bits per heavy atom. The number of aliphatic imine (C=N–C) groups is 1. The van der Waals surface area contributed by atoms with Gasteiger partial charge in [-0.25, -0.2) is 8.42 Å². The summed E-state index contributed by atoms with van der Waals surface area (Å²) in [4.78, 5) is 7.10. The SMILES string of the molecule is CCNC(=NCC1CCN(c2cc(Cl)ccc2C)C1)NC1CCS(=O)(=O)C1.I. The molecule has 2 N–H and O–H groups in total. The van der Waals surface area contributed by atoms with Crippen LogP contribution >= 0.6 is 35.6 Å². The van der Waals surface area contributed by atoms with Crippen LogP contribution in [-0.4, -0.2) is 58.1 Å². The molecule has 1 aromatic carbocycles. The van der Waals surface area contributed by atoms with Crippen molar-refractivity contribution >= 4 is 57.1 Å². The van der Waals surface area contributed by atoms with Crippen molar-refractivity contribution in [1.82, 2.24) is 10.6 Å². The highest BCUT2D eigenvalue weighted by molar-refractivity contribution is 14.0. The van der Waals surface area contributed by atoms with E-state index in [2.05, 4.69) is 28.5 Å². The van der Waals surface area contributed by atoms with Crippen LogP contribution in [-0.2, 0) is 9.84 Å². The van der Waals surface area contributed by atoms with Gasteiger partial charge in [-0.3, -0.25) is 4.99 Å². The molecule has 2 unspecified atom stereocenters. The first-order chi connectivity index (χ1) is 12.9. The summed E-state index contributed by atoms with van der Waals surface area (Å²) in [6, 6.07) is 5.98. The van der Waals surface area contributed by atoms with Crippen molar-refractivity contribution in [3.8, 4) is 0 Å². The van der Waals surface area contributed by atoms with Gasteiger partial charge in [0.1, 0.15) is 0 Å². The summed E-state index contributed by atoms with van der Waals surface area (Å²) in [5.74, 6) is 1.66. The lowest BCUT2D eigenvalue weighted by Crippen LogP contribution is -2.44. The second-order valence-corrected chi connectivity index (χ2v) is 10.2. The molecular weight excluding hydrogens is 511 g/mol. The number of guanidine groups is 1. The molecule has 158 valence electrons. The van der Waals surface area contributed by atoms with Crippen molar-refractivity contribution in [3.05, 3.63) is 28.8 Å². The molecule has 2 atom stereocenters. The lowest BCUT2D eigenvalue weighted by atomic mass is 10.1. The van der Waals surface area contributed by atoms with Gasteiger partial charge < -0.3 is 15.5 Å². The molecule has 2 heterocycles. The Kier molecular flexibility index (Phi) is 8.69. The molecule has 0 spiro atoms. The summed E-state index contributed by atoms with van der Waals surface area (Å²) in [6.45, 7) is 7.57. The third kappa shape index (κ3) is 6.38. The molecule has 0 bridgehead atoms. The number of anilines is 1. The van der Waals surface area contributed by atoms with Gasteiger partial charge in [0.05, 0.1) is 11.5 Å². The number of aryl methyl sites for hydroxylation is 1. The molecule has 28 heavy (non-hydrogen) atoms. The number of sulfone groups is 1. The number of hydrogen-bond donors (Lipinski definition) is 2. The number of rotatable bonds is 5. The van der Waals surface area contributed by atoms with Gasteiger partial charge in [-0.1, -0.05) is 17.7 Å². The van der Waals surface area contributed by atoms with E-state index in [0.29, 0.717) is 12.3 Å². The Labute approximate surface area is 190 Å². The third-order valence-corrected chi connectivity index (χ3v) is 7.23. The Hall–Kier alpha value is -0.740. The zero-order valence-electron chi connectivity index (χ0n) is 16.4. The molecule has 0 aliphatic carbocycles. The summed E-state index contributed by atoms with van der Waals surface area (Å²) >= 11 is 6.16. The summed E-state index contributed by atoms with van der Waals surface area (Å²) in [5, 5.41) is 7.28. The van der Waals surface area contributed by atoms with Crippen molar-refractivity contribution in [1.29, 1.82) is 0 Å². The minimum atomic E-state index is -2.89. The molecule has 9 heteroatoms. The van der Waals surface area contributed by atoms with Gasteiger partial charge in [0, 0.05) is 42.9 Å². The first-order valence-electron chi connectivity index (χ1n) is 9.62. The molecule has 2 aliphatic heterocycles. The average molecular weight is 541 g/mol. The molecule has 0 saturated carbocycles. The van der Waals surface area contributed by atoms with Crippen LogP contribution < -0.4 is 15.5 Å². The molecule has 3 rings (SSSR count). The van der Waals surface area contributed by atoms with Crippen molar-refractivity contribution in [3.63, 3.8) is 0 Å². The van der Waals surface area contributed by atoms with Crippen LogP contribution in [0.15, 0.2) is 23.2 Å². The number of nitrogens with one attached hydrogen (secondary N) is 2. The van der Waals surface area contributed by atoms with E-state index in [1.807, 2.05) is 19.1 Å². The zero-order chi connectivity index (χ0) is 19.4. The fourth-order valence-corrected chi connectivity index (χ4v) is 5.61. The highest BCUT2D eigenvalue weighted by atomic mass is 127. The molecule has 0 aromatic heterocycles. The van der Waals surface area contributed by atoms with E-state index < -0.39 is 9.84 Å². The van der Waals surface area contributed by atoms with E-state index in [-0.39, 0.29) is 41.5 Å². The van der Waals surface area contributed by atoms with Crippen LogP contribution in [0.4, 0.5) is 5.69 Å². The van der Waals surface area contributed by atoms with Gasteiger partial charge in [-0.2, -0.15) is 0 Å². The first kappa shape index (κ1) is 23.5. The molecular formula is C19H30ClIN4O2S. The fourth-order valence-electron chi connectivity index (χ4n) is 3.77. The zero-order valence-corrected chi connectivity index (χ0v) is 20.4. The maximum absolute atomic E-state index is 11.7. The van der Waals surface area contributed by atoms with Gasteiger partial charge in [0.15, 0.2) is 15.8 Å². The minimum Gasteiger partial charge on any atom is -0.371 e. The molecule has 2 aliphatic rings. The van der Waals surface area contributed by atoms with Crippen LogP contribution in [0.25, 0.3) is 0 Å². The second-order valence-electron chi connectivity index (χ2n) is 7.50. The van der Waals surface area contributed by atoms with E-state index in [4.69, 9.17) is 16.6 Å². The summed E-state index contributed by atoms with van der Waals surface area (Å²) in [7, 11) is -2.89. The average Bonchev–Trinajstić information content (AvgIpc) is 3.21. The van der Waals surface area contributed by atoms with Gasteiger partial charge in [-0.15, -0.1) is 24.0 Å². The smallest absolute Gasteiger partial charge is 0.191 e. The van der Waals surface area contributed by atoms with E-state index in [1.54, 1.807) is 0 Å². The fraction of sp³-hybridized carbons (Fsp3) is 0.632. The Morgan fingerprint density at radius 1 is 1.36 bits per heavy atom. The lowest BCUT2D eigenvalue weighted by molar-refractivity contribution is 0.590. The van der Waals surface area contributed by atoms with Gasteiger partial charge >= 0.3 is 0 Å². The van der Waals surface area contributed by atoms with Crippen LogP contribution in [0, 0.1) is 12.8 Å². The number of nitrogens with zero attached hydrogens (tertiary/aromatic N) is 2. The quantitative estimate of drug-likeness (QED) is 0.341. The largest absolute Gasteiger partial charge is 0.371 e. The molecule has 2 saturated heterocycles. The van der Waals surface area contributed by atoms with Gasteiger partial charge in [0.2, 0.25) is 0 Å². The topological polar surface area (TPSA) is 73.8 Å². The maximum atomic E-state index is 11.7. The lowest BCUT2D eigenvalue weighted by Gasteiger charge is -2.21. The first-order valence-corrected chi connectivity index (χ1v) is 11.8. The normalized spacial score (nSPS) is 24.1. The molecule has 0 amide bonds. The van der Waals surface area contributed by atoms with Crippen molar-refractivity contribution in [2.24, 2.45) is 10.9 Å². The number of halogens is 2. The molecule has 6 nitrogen and oxygen atoms in total. The van der Waals surface area contributed by atoms with Crippen molar-refractivity contribution in [2.75, 3.05) is 42.6 Å².